The second-order valence-electron chi connectivity index (χ2n) is 5.60. The maximum absolute atomic E-state index is 4.66. The Morgan fingerprint density at radius 3 is 2.76 bits per heavy atom. The summed E-state index contributed by atoms with van der Waals surface area (Å²) in [6.07, 6.45) is 6.17. The zero-order chi connectivity index (χ0) is 14.9. The Kier molecular flexibility index (Phi) is 4.26. The molecular weight excluding hydrogens is 300 g/mol. The molecule has 114 valence electrons. The Morgan fingerprint density at radius 1 is 1.33 bits per heavy atom. The summed E-state index contributed by atoms with van der Waals surface area (Å²) in [4.78, 5) is 11.6. The average molecular weight is 323 g/mol. The van der Waals surface area contributed by atoms with Crippen LogP contribution in [0.3, 0.4) is 0 Å². The molecule has 1 aliphatic rings. The van der Waals surface area contributed by atoms with Crippen LogP contribution in [0.2, 0.25) is 0 Å². The van der Waals surface area contributed by atoms with E-state index in [0.29, 0.717) is 4.75 Å². The molecule has 2 N–H and O–H groups in total. The molecule has 21 heavy (non-hydrogen) atoms. The van der Waals surface area contributed by atoms with Crippen LogP contribution < -0.4 is 10.6 Å². The Morgan fingerprint density at radius 2 is 2.14 bits per heavy atom. The van der Waals surface area contributed by atoms with E-state index in [1.165, 1.54) is 24.1 Å². The number of nitrogens with zero attached hydrogens (tertiary/aromatic N) is 2. The zero-order valence-electron chi connectivity index (χ0n) is 12.8. The first-order valence-electron chi connectivity index (χ1n) is 7.47. The van der Waals surface area contributed by atoms with Crippen molar-refractivity contribution in [2.24, 2.45) is 0 Å². The van der Waals surface area contributed by atoms with E-state index in [-0.39, 0.29) is 0 Å². The van der Waals surface area contributed by atoms with Gasteiger partial charge in [0.15, 0.2) is 0 Å². The van der Waals surface area contributed by atoms with Crippen molar-refractivity contribution in [3.63, 3.8) is 0 Å². The highest BCUT2D eigenvalue weighted by atomic mass is 32.2. The summed E-state index contributed by atoms with van der Waals surface area (Å²) in [7, 11) is 0. The third-order valence-electron chi connectivity index (χ3n) is 4.13. The van der Waals surface area contributed by atoms with Gasteiger partial charge in [0.05, 0.1) is 5.39 Å². The van der Waals surface area contributed by atoms with Gasteiger partial charge in [-0.15, -0.1) is 11.3 Å². The van der Waals surface area contributed by atoms with E-state index < -0.39 is 0 Å². The summed E-state index contributed by atoms with van der Waals surface area (Å²) in [6.45, 7) is 6.01. The highest BCUT2D eigenvalue weighted by Crippen LogP contribution is 2.43. The van der Waals surface area contributed by atoms with Crippen LogP contribution in [0, 0.1) is 6.92 Å². The predicted molar refractivity (Wildman–Crippen MR) is 94.9 cm³/mol. The molecule has 6 heteroatoms. The lowest BCUT2D eigenvalue weighted by atomic mass is 9.84. The number of rotatable bonds is 6. The number of aryl methyl sites for hydroxylation is 1. The normalized spacial score (nSPS) is 16.7. The number of nitrogens with one attached hydrogen (secondary N) is 2. The van der Waals surface area contributed by atoms with Gasteiger partial charge in [0, 0.05) is 22.7 Å². The SMILES string of the molecule is CCNc1nc(NCC2(SC)CCC2)c2cc(C)sc2n1. The molecule has 4 nitrogen and oxygen atoms in total. The minimum absolute atomic E-state index is 0.403. The summed E-state index contributed by atoms with van der Waals surface area (Å²) in [6, 6.07) is 2.19. The second-order valence-corrected chi connectivity index (χ2v) is 8.11. The van der Waals surface area contributed by atoms with Crippen LogP contribution >= 0.6 is 23.1 Å². The molecule has 0 saturated heterocycles. The highest BCUT2D eigenvalue weighted by Gasteiger charge is 2.36. The highest BCUT2D eigenvalue weighted by molar-refractivity contribution is 8.00. The predicted octanol–water partition coefficient (Wildman–Crippen LogP) is 4.13. The molecule has 0 radical (unpaired) electrons. The lowest BCUT2D eigenvalue weighted by molar-refractivity contribution is 0.380. The Balaban J connectivity index is 1.88. The van der Waals surface area contributed by atoms with Crippen molar-refractivity contribution in [2.75, 3.05) is 30.0 Å². The molecule has 0 spiro atoms. The van der Waals surface area contributed by atoms with E-state index in [1.807, 2.05) is 11.8 Å². The van der Waals surface area contributed by atoms with E-state index in [2.05, 4.69) is 46.8 Å². The number of hydrogen-bond acceptors (Lipinski definition) is 6. The van der Waals surface area contributed by atoms with Crippen molar-refractivity contribution in [1.29, 1.82) is 0 Å². The molecule has 0 aromatic carbocycles. The number of fused-ring (bicyclic) bond motifs is 1. The van der Waals surface area contributed by atoms with Gasteiger partial charge in [-0.1, -0.05) is 6.42 Å². The van der Waals surface area contributed by atoms with Crippen LogP contribution in [0.1, 0.15) is 31.1 Å². The van der Waals surface area contributed by atoms with Crippen molar-refractivity contribution in [3.05, 3.63) is 10.9 Å². The van der Waals surface area contributed by atoms with E-state index in [1.54, 1.807) is 11.3 Å². The Bertz CT molecular complexity index is 628. The zero-order valence-corrected chi connectivity index (χ0v) is 14.5. The molecule has 0 aliphatic heterocycles. The van der Waals surface area contributed by atoms with Gasteiger partial charge in [-0.3, -0.25) is 0 Å². The van der Waals surface area contributed by atoms with Crippen LogP contribution in [-0.2, 0) is 0 Å². The number of thioether (sulfide) groups is 1. The first-order chi connectivity index (χ1) is 10.2. The second kappa shape index (κ2) is 6.01. The number of thiophene rings is 1. The molecule has 3 rings (SSSR count). The summed E-state index contributed by atoms with van der Waals surface area (Å²) < 4.78 is 0.403. The third kappa shape index (κ3) is 2.97. The number of anilines is 2. The van der Waals surface area contributed by atoms with Gasteiger partial charge < -0.3 is 10.6 Å². The quantitative estimate of drug-likeness (QED) is 0.837. The molecule has 1 aliphatic carbocycles. The maximum atomic E-state index is 4.66. The van der Waals surface area contributed by atoms with E-state index in [9.17, 15) is 0 Å². The van der Waals surface area contributed by atoms with Gasteiger partial charge in [0.25, 0.3) is 0 Å². The monoisotopic (exact) mass is 322 g/mol. The summed E-state index contributed by atoms with van der Waals surface area (Å²) in [5.74, 6) is 1.70. The average Bonchev–Trinajstić information content (AvgIpc) is 2.78. The minimum Gasteiger partial charge on any atom is -0.368 e. The van der Waals surface area contributed by atoms with Crippen LogP contribution in [0.25, 0.3) is 10.2 Å². The Labute approximate surface area is 134 Å². The standard InChI is InChI=1S/C15H22N4S2/c1-4-16-14-18-12(11-8-10(2)21-13(11)19-14)17-9-15(20-3)6-5-7-15/h8H,4-7,9H2,1-3H3,(H2,16,17,18,19). The molecule has 2 aromatic rings. The molecule has 1 saturated carbocycles. The van der Waals surface area contributed by atoms with Crippen molar-refractivity contribution < 1.29 is 0 Å². The van der Waals surface area contributed by atoms with Gasteiger partial charge >= 0.3 is 0 Å². The Hall–Kier alpha value is -1.01. The molecular formula is C15H22N4S2. The fourth-order valence-corrected chi connectivity index (χ4v) is 4.48. The summed E-state index contributed by atoms with van der Waals surface area (Å²) in [5.41, 5.74) is 0. The van der Waals surface area contributed by atoms with Gasteiger partial charge in [0.1, 0.15) is 10.6 Å². The first kappa shape index (κ1) is 14.9. The topological polar surface area (TPSA) is 49.8 Å². The molecule has 1 fully saturated rings. The smallest absolute Gasteiger partial charge is 0.226 e. The first-order valence-corrected chi connectivity index (χ1v) is 9.51. The fourth-order valence-electron chi connectivity index (χ4n) is 2.68. The van der Waals surface area contributed by atoms with E-state index >= 15 is 0 Å². The minimum atomic E-state index is 0.403. The van der Waals surface area contributed by atoms with Gasteiger partial charge in [0.2, 0.25) is 5.95 Å². The lowest BCUT2D eigenvalue weighted by Gasteiger charge is -2.40. The molecule has 2 heterocycles. The molecule has 0 unspecified atom stereocenters. The van der Waals surface area contributed by atoms with Crippen molar-refractivity contribution in [2.45, 2.75) is 37.9 Å². The van der Waals surface area contributed by atoms with Crippen LogP contribution in [-0.4, -0.2) is 34.1 Å². The maximum Gasteiger partial charge on any atom is 0.226 e. The number of aromatic nitrogens is 2. The van der Waals surface area contributed by atoms with Gasteiger partial charge in [-0.25, -0.2) is 4.98 Å². The van der Waals surface area contributed by atoms with Gasteiger partial charge in [-0.05, 0) is 39.0 Å². The van der Waals surface area contributed by atoms with Gasteiger partial charge in [-0.2, -0.15) is 16.7 Å². The fraction of sp³-hybridized carbons (Fsp3) is 0.600. The van der Waals surface area contributed by atoms with Crippen molar-refractivity contribution in [3.8, 4) is 0 Å². The van der Waals surface area contributed by atoms with Crippen molar-refractivity contribution in [1.82, 2.24) is 9.97 Å². The molecule has 2 aromatic heterocycles. The van der Waals surface area contributed by atoms with E-state index in [0.717, 1.165) is 35.1 Å². The van der Waals surface area contributed by atoms with Crippen LogP contribution in [0.4, 0.5) is 11.8 Å². The lowest BCUT2D eigenvalue weighted by Crippen LogP contribution is -2.40. The van der Waals surface area contributed by atoms with Crippen molar-refractivity contribution >= 4 is 45.1 Å². The molecule has 0 amide bonds. The third-order valence-corrected chi connectivity index (χ3v) is 6.49. The molecule has 0 atom stereocenters. The van der Waals surface area contributed by atoms with Crippen LogP contribution in [0.5, 0.6) is 0 Å². The summed E-state index contributed by atoms with van der Waals surface area (Å²) in [5, 5.41) is 7.96. The number of hydrogen-bond donors (Lipinski definition) is 2. The van der Waals surface area contributed by atoms with E-state index in [4.69, 9.17) is 0 Å². The summed E-state index contributed by atoms with van der Waals surface area (Å²) >= 11 is 3.71. The molecule has 0 bridgehead atoms. The van der Waals surface area contributed by atoms with Crippen LogP contribution in [0.15, 0.2) is 6.07 Å². The largest absolute Gasteiger partial charge is 0.368 e.